The quantitative estimate of drug-likeness (QED) is 0.662. The van der Waals surface area contributed by atoms with Crippen molar-refractivity contribution in [3.63, 3.8) is 0 Å². The lowest BCUT2D eigenvalue weighted by molar-refractivity contribution is -0.121. The van der Waals surface area contributed by atoms with E-state index in [1.54, 1.807) is 0 Å². The lowest BCUT2D eigenvalue weighted by Crippen LogP contribution is -2.31. The van der Waals surface area contributed by atoms with Gasteiger partial charge in [0, 0.05) is 6.42 Å². The fourth-order valence-corrected chi connectivity index (χ4v) is 1.56. The summed E-state index contributed by atoms with van der Waals surface area (Å²) in [5.41, 5.74) is 5.72. The van der Waals surface area contributed by atoms with Crippen LogP contribution in [0.15, 0.2) is 0 Å². The van der Waals surface area contributed by atoms with Crippen LogP contribution in [0.3, 0.4) is 0 Å². The first kappa shape index (κ1) is 12.6. The molecule has 0 aliphatic rings. The number of carbonyl (C=O) groups is 1. The van der Waals surface area contributed by atoms with Crippen LogP contribution < -0.4 is 5.73 Å². The highest BCUT2D eigenvalue weighted by molar-refractivity contribution is 5.83. The number of hydrogen-bond acceptors (Lipinski definition) is 2. The second-order valence-corrected chi connectivity index (χ2v) is 3.96. The summed E-state index contributed by atoms with van der Waals surface area (Å²) in [6, 6.07) is -0.218. The molecule has 13 heavy (non-hydrogen) atoms. The van der Waals surface area contributed by atoms with Gasteiger partial charge in [-0.2, -0.15) is 0 Å². The SMILES string of the molecule is CCCC(C)CC(=O)C(N)CCC. The third kappa shape index (κ3) is 5.81. The van der Waals surface area contributed by atoms with Crippen LogP contribution in [0.2, 0.25) is 0 Å². The van der Waals surface area contributed by atoms with E-state index in [0.717, 1.165) is 25.7 Å². The van der Waals surface area contributed by atoms with Crippen LogP contribution in [0.4, 0.5) is 0 Å². The highest BCUT2D eigenvalue weighted by Gasteiger charge is 2.14. The Hall–Kier alpha value is -0.370. The molecule has 0 amide bonds. The van der Waals surface area contributed by atoms with E-state index in [4.69, 9.17) is 5.73 Å². The molecule has 0 heterocycles. The van der Waals surface area contributed by atoms with Gasteiger partial charge < -0.3 is 5.73 Å². The lowest BCUT2D eigenvalue weighted by Gasteiger charge is -2.13. The maximum atomic E-state index is 11.5. The molecule has 0 aliphatic heterocycles. The maximum absolute atomic E-state index is 11.5. The molecule has 0 fully saturated rings. The first-order valence-corrected chi connectivity index (χ1v) is 5.40. The summed E-state index contributed by atoms with van der Waals surface area (Å²) >= 11 is 0. The summed E-state index contributed by atoms with van der Waals surface area (Å²) in [5.74, 6) is 0.739. The van der Waals surface area contributed by atoms with Gasteiger partial charge in [-0.05, 0) is 12.3 Å². The van der Waals surface area contributed by atoms with Crippen molar-refractivity contribution in [3.8, 4) is 0 Å². The number of Topliss-reactive ketones (excluding diaryl/α,β-unsaturated/α-hetero) is 1. The molecule has 2 nitrogen and oxygen atoms in total. The summed E-state index contributed by atoms with van der Waals surface area (Å²) in [5, 5.41) is 0. The second-order valence-electron chi connectivity index (χ2n) is 3.96. The molecule has 2 atom stereocenters. The number of nitrogens with two attached hydrogens (primary N) is 1. The molecule has 0 saturated heterocycles. The first-order valence-electron chi connectivity index (χ1n) is 5.40. The van der Waals surface area contributed by atoms with Crippen molar-refractivity contribution in [2.75, 3.05) is 0 Å². The van der Waals surface area contributed by atoms with Crippen LogP contribution in [0.5, 0.6) is 0 Å². The Kier molecular flexibility index (Phi) is 6.87. The summed E-state index contributed by atoms with van der Waals surface area (Å²) in [6.07, 6.45) is 4.77. The molecule has 0 aromatic rings. The zero-order valence-corrected chi connectivity index (χ0v) is 9.18. The van der Waals surface area contributed by atoms with Gasteiger partial charge in [-0.15, -0.1) is 0 Å². The van der Waals surface area contributed by atoms with Gasteiger partial charge in [-0.1, -0.05) is 40.0 Å². The summed E-state index contributed by atoms with van der Waals surface area (Å²) in [4.78, 5) is 11.5. The van der Waals surface area contributed by atoms with Gasteiger partial charge in [0.05, 0.1) is 6.04 Å². The largest absolute Gasteiger partial charge is 0.322 e. The average molecular weight is 185 g/mol. The molecule has 0 radical (unpaired) electrons. The predicted molar refractivity (Wildman–Crippen MR) is 56.6 cm³/mol. The molecule has 0 saturated carbocycles. The number of ketones is 1. The molecule has 2 N–H and O–H groups in total. The van der Waals surface area contributed by atoms with Crippen LogP contribution in [-0.2, 0) is 4.79 Å². The van der Waals surface area contributed by atoms with Crippen molar-refractivity contribution < 1.29 is 4.79 Å². The topological polar surface area (TPSA) is 43.1 Å². The van der Waals surface area contributed by atoms with Crippen LogP contribution in [0.1, 0.15) is 52.9 Å². The molecule has 0 spiro atoms. The molecule has 78 valence electrons. The van der Waals surface area contributed by atoms with E-state index in [-0.39, 0.29) is 11.8 Å². The van der Waals surface area contributed by atoms with Crippen LogP contribution in [0.25, 0.3) is 0 Å². The summed E-state index contributed by atoms with van der Waals surface area (Å²) in [7, 11) is 0. The van der Waals surface area contributed by atoms with E-state index in [0.29, 0.717) is 12.3 Å². The van der Waals surface area contributed by atoms with Gasteiger partial charge in [-0.25, -0.2) is 0 Å². The van der Waals surface area contributed by atoms with Crippen LogP contribution in [-0.4, -0.2) is 11.8 Å². The van der Waals surface area contributed by atoms with Gasteiger partial charge in [0.15, 0.2) is 0 Å². The minimum atomic E-state index is -0.218. The normalized spacial score (nSPS) is 15.4. The van der Waals surface area contributed by atoms with Gasteiger partial charge in [0.1, 0.15) is 5.78 Å². The minimum Gasteiger partial charge on any atom is -0.322 e. The van der Waals surface area contributed by atoms with E-state index in [2.05, 4.69) is 20.8 Å². The van der Waals surface area contributed by atoms with E-state index < -0.39 is 0 Å². The Balaban J connectivity index is 3.71. The fourth-order valence-electron chi connectivity index (χ4n) is 1.56. The Morgan fingerprint density at radius 2 is 1.77 bits per heavy atom. The standard InChI is InChI=1S/C11H23NO/c1-4-6-9(3)8-11(13)10(12)7-5-2/h9-10H,4-8,12H2,1-3H3. The Labute approximate surface area is 81.9 Å². The molecular formula is C11H23NO. The Bertz CT molecular complexity index is 145. The van der Waals surface area contributed by atoms with E-state index in [9.17, 15) is 4.79 Å². The Morgan fingerprint density at radius 3 is 2.23 bits per heavy atom. The maximum Gasteiger partial charge on any atom is 0.149 e. The van der Waals surface area contributed by atoms with Crippen molar-refractivity contribution >= 4 is 5.78 Å². The molecule has 0 bridgehead atoms. The number of rotatable bonds is 7. The fraction of sp³-hybridized carbons (Fsp3) is 0.909. The van der Waals surface area contributed by atoms with Crippen LogP contribution >= 0.6 is 0 Å². The molecule has 2 heteroatoms. The lowest BCUT2D eigenvalue weighted by atomic mass is 9.95. The third-order valence-corrected chi connectivity index (χ3v) is 2.34. The van der Waals surface area contributed by atoms with Crippen molar-refractivity contribution in [2.45, 2.75) is 58.9 Å². The smallest absolute Gasteiger partial charge is 0.149 e. The molecule has 0 rings (SSSR count). The zero-order chi connectivity index (χ0) is 10.3. The minimum absolute atomic E-state index is 0.218. The highest BCUT2D eigenvalue weighted by Crippen LogP contribution is 2.12. The first-order chi connectivity index (χ1) is 6.11. The highest BCUT2D eigenvalue weighted by atomic mass is 16.1. The zero-order valence-electron chi connectivity index (χ0n) is 9.18. The Morgan fingerprint density at radius 1 is 1.23 bits per heavy atom. The predicted octanol–water partition coefficient (Wildman–Crippen LogP) is 2.51. The van der Waals surface area contributed by atoms with Crippen molar-refractivity contribution in [2.24, 2.45) is 11.7 Å². The number of carbonyl (C=O) groups excluding carboxylic acids is 1. The van der Waals surface area contributed by atoms with Crippen molar-refractivity contribution in [1.29, 1.82) is 0 Å². The van der Waals surface area contributed by atoms with Gasteiger partial charge in [0.2, 0.25) is 0 Å². The van der Waals surface area contributed by atoms with Gasteiger partial charge in [0.25, 0.3) is 0 Å². The van der Waals surface area contributed by atoms with Crippen molar-refractivity contribution in [1.82, 2.24) is 0 Å². The van der Waals surface area contributed by atoms with Crippen molar-refractivity contribution in [3.05, 3.63) is 0 Å². The van der Waals surface area contributed by atoms with Gasteiger partial charge >= 0.3 is 0 Å². The van der Waals surface area contributed by atoms with Gasteiger partial charge in [-0.3, -0.25) is 4.79 Å². The summed E-state index contributed by atoms with van der Waals surface area (Å²) < 4.78 is 0. The molecular weight excluding hydrogens is 162 g/mol. The molecule has 2 unspecified atom stereocenters. The molecule has 0 aliphatic carbocycles. The summed E-state index contributed by atoms with van der Waals surface area (Å²) in [6.45, 7) is 6.33. The molecule has 0 aromatic carbocycles. The average Bonchev–Trinajstić information content (AvgIpc) is 2.05. The molecule has 0 aromatic heterocycles. The second kappa shape index (κ2) is 7.07. The van der Waals surface area contributed by atoms with E-state index in [1.165, 1.54) is 0 Å². The third-order valence-electron chi connectivity index (χ3n) is 2.34. The van der Waals surface area contributed by atoms with E-state index >= 15 is 0 Å². The number of hydrogen-bond donors (Lipinski definition) is 1. The van der Waals surface area contributed by atoms with E-state index in [1.807, 2.05) is 0 Å². The van der Waals surface area contributed by atoms with Crippen LogP contribution in [0, 0.1) is 5.92 Å². The monoisotopic (exact) mass is 185 g/mol.